The summed E-state index contributed by atoms with van der Waals surface area (Å²) in [4.78, 5) is 0. The van der Waals surface area contributed by atoms with Gasteiger partial charge in [0.2, 0.25) is 0 Å². The summed E-state index contributed by atoms with van der Waals surface area (Å²) in [5, 5.41) is 9.48. The van der Waals surface area contributed by atoms with Crippen molar-refractivity contribution in [3.05, 3.63) is 47.2 Å². The number of nitrogens with zero attached hydrogens (tertiary/aromatic N) is 2. The van der Waals surface area contributed by atoms with Gasteiger partial charge in [-0.25, -0.2) is 0 Å². The quantitative estimate of drug-likeness (QED) is 0.720. The lowest BCUT2D eigenvalue weighted by molar-refractivity contribution is 0.929. The molecule has 0 saturated carbocycles. The van der Waals surface area contributed by atoms with Crippen LogP contribution in [0.3, 0.4) is 0 Å². The highest BCUT2D eigenvalue weighted by Gasteiger charge is 2.06. The zero-order chi connectivity index (χ0) is 10.8. The third-order valence-corrected chi connectivity index (χ3v) is 2.77. The molecular weight excluding hydrogens is 208 g/mol. The highest BCUT2D eigenvalue weighted by atomic mass is 35.5. The van der Waals surface area contributed by atoms with Crippen molar-refractivity contribution in [3.8, 4) is 17.2 Å². The molecule has 1 aromatic heterocycles. The zero-order valence-corrected chi connectivity index (χ0v) is 8.99. The number of aryl methyl sites for hydroxylation is 1. The van der Waals surface area contributed by atoms with Crippen LogP contribution in [0.4, 0.5) is 0 Å². The van der Waals surface area contributed by atoms with E-state index in [1.54, 1.807) is 6.07 Å². The first-order valence-corrected chi connectivity index (χ1v) is 4.91. The molecule has 0 aliphatic heterocycles. The van der Waals surface area contributed by atoms with Gasteiger partial charge in [-0.05, 0) is 23.8 Å². The first-order chi connectivity index (χ1) is 7.22. The second kappa shape index (κ2) is 3.80. The van der Waals surface area contributed by atoms with Gasteiger partial charge in [0.1, 0.15) is 5.15 Å². The van der Waals surface area contributed by atoms with Crippen LogP contribution >= 0.6 is 11.6 Å². The molecule has 0 amide bonds. The van der Waals surface area contributed by atoms with Crippen LogP contribution < -0.4 is 0 Å². The maximum atomic E-state index is 8.80. The van der Waals surface area contributed by atoms with Gasteiger partial charge in [-0.1, -0.05) is 23.7 Å². The molecule has 0 aliphatic carbocycles. The SMILES string of the molecule is Cn1ccc(-c2cccc(C#N)c2)c1Cl. The largest absolute Gasteiger partial charge is 0.341 e. The van der Waals surface area contributed by atoms with E-state index < -0.39 is 0 Å². The van der Waals surface area contributed by atoms with Crippen molar-refractivity contribution in [2.75, 3.05) is 0 Å². The lowest BCUT2D eigenvalue weighted by Gasteiger charge is -2.00. The Labute approximate surface area is 93.3 Å². The van der Waals surface area contributed by atoms with Crippen molar-refractivity contribution in [3.63, 3.8) is 0 Å². The smallest absolute Gasteiger partial charge is 0.116 e. The Kier molecular flexibility index (Phi) is 2.49. The van der Waals surface area contributed by atoms with Crippen LogP contribution in [-0.2, 0) is 7.05 Å². The van der Waals surface area contributed by atoms with E-state index in [0.29, 0.717) is 10.7 Å². The van der Waals surface area contributed by atoms with Gasteiger partial charge in [0.15, 0.2) is 0 Å². The lowest BCUT2D eigenvalue weighted by atomic mass is 10.1. The van der Waals surface area contributed by atoms with Crippen LogP contribution in [-0.4, -0.2) is 4.57 Å². The Morgan fingerprint density at radius 3 is 2.73 bits per heavy atom. The number of nitriles is 1. The fraction of sp³-hybridized carbons (Fsp3) is 0.0833. The molecule has 2 nitrogen and oxygen atoms in total. The molecule has 0 spiro atoms. The molecule has 0 atom stereocenters. The third-order valence-electron chi connectivity index (χ3n) is 2.30. The van der Waals surface area contributed by atoms with E-state index in [-0.39, 0.29) is 0 Å². The molecular formula is C12H9ClN2. The monoisotopic (exact) mass is 216 g/mol. The molecule has 1 aromatic carbocycles. The normalized spacial score (nSPS) is 9.93. The molecule has 0 saturated heterocycles. The maximum Gasteiger partial charge on any atom is 0.116 e. The van der Waals surface area contributed by atoms with E-state index in [1.807, 2.05) is 42.1 Å². The van der Waals surface area contributed by atoms with Gasteiger partial charge in [0, 0.05) is 18.8 Å². The molecule has 2 rings (SSSR count). The second-order valence-electron chi connectivity index (χ2n) is 3.32. The minimum absolute atomic E-state index is 0.646. The summed E-state index contributed by atoms with van der Waals surface area (Å²) in [6.07, 6.45) is 1.90. The van der Waals surface area contributed by atoms with Crippen molar-refractivity contribution in [2.45, 2.75) is 0 Å². The third kappa shape index (κ3) is 1.74. The lowest BCUT2D eigenvalue weighted by Crippen LogP contribution is -1.84. The highest BCUT2D eigenvalue weighted by molar-refractivity contribution is 6.32. The van der Waals surface area contributed by atoms with Crippen molar-refractivity contribution in [2.24, 2.45) is 7.05 Å². The van der Waals surface area contributed by atoms with E-state index >= 15 is 0 Å². The molecule has 0 unspecified atom stereocenters. The molecule has 0 N–H and O–H groups in total. The Balaban J connectivity index is 2.55. The number of hydrogen-bond donors (Lipinski definition) is 0. The van der Waals surface area contributed by atoms with Crippen LogP contribution in [0, 0.1) is 11.3 Å². The molecule has 0 bridgehead atoms. The van der Waals surface area contributed by atoms with Crippen molar-refractivity contribution in [1.82, 2.24) is 4.57 Å². The van der Waals surface area contributed by atoms with Gasteiger partial charge in [-0.3, -0.25) is 0 Å². The average Bonchev–Trinajstić information content (AvgIpc) is 2.60. The average molecular weight is 217 g/mol. The fourth-order valence-corrected chi connectivity index (χ4v) is 1.71. The van der Waals surface area contributed by atoms with Crippen LogP contribution in [0.15, 0.2) is 36.5 Å². The molecule has 0 aliphatic rings. The van der Waals surface area contributed by atoms with Crippen molar-refractivity contribution >= 4 is 11.6 Å². The van der Waals surface area contributed by atoms with E-state index in [4.69, 9.17) is 16.9 Å². The van der Waals surface area contributed by atoms with Crippen molar-refractivity contribution in [1.29, 1.82) is 5.26 Å². The standard InChI is InChI=1S/C12H9ClN2/c1-15-6-5-11(12(15)13)10-4-2-3-9(7-10)8-14/h2-7H,1H3. The second-order valence-corrected chi connectivity index (χ2v) is 3.68. The molecule has 74 valence electrons. The summed E-state index contributed by atoms with van der Waals surface area (Å²) < 4.78 is 1.84. The Bertz CT molecular complexity index is 535. The number of hydrogen-bond acceptors (Lipinski definition) is 1. The topological polar surface area (TPSA) is 28.7 Å². The zero-order valence-electron chi connectivity index (χ0n) is 8.24. The van der Waals surface area contributed by atoms with Gasteiger partial charge in [-0.2, -0.15) is 5.26 Å². The summed E-state index contributed by atoms with van der Waals surface area (Å²) in [5.41, 5.74) is 2.57. The summed E-state index contributed by atoms with van der Waals surface area (Å²) in [7, 11) is 1.89. The van der Waals surface area contributed by atoms with Crippen LogP contribution in [0.5, 0.6) is 0 Å². The number of aromatic nitrogens is 1. The van der Waals surface area contributed by atoms with E-state index in [2.05, 4.69) is 6.07 Å². The van der Waals surface area contributed by atoms with Gasteiger partial charge in [0.05, 0.1) is 11.6 Å². The van der Waals surface area contributed by atoms with Crippen molar-refractivity contribution < 1.29 is 0 Å². The maximum absolute atomic E-state index is 8.80. The summed E-state index contributed by atoms with van der Waals surface area (Å²) in [6.45, 7) is 0. The summed E-state index contributed by atoms with van der Waals surface area (Å²) in [6, 6.07) is 11.5. The Morgan fingerprint density at radius 1 is 1.33 bits per heavy atom. The van der Waals surface area contributed by atoms with Crippen LogP contribution in [0.25, 0.3) is 11.1 Å². The van der Waals surface area contributed by atoms with E-state index in [1.165, 1.54) is 0 Å². The summed E-state index contributed by atoms with van der Waals surface area (Å²) in [5.74, 6) is 0. The van der Waals surface area contributed by atoms with Gasteiger partial charge in [0.25, 0.3) is 0 Å². The van der Waals surface area contributed by atoms with Gasteiger partial charge >= 0.3 is 0 Å². The Morgan fingerprint density at radius 2 is 2.13 bits per heavy atom. The molecule has 2 aromatic rings. The molecule has 1 heterocycles. The summed E-state index contributed by atoms with van der Waals surface area (Å²) >= 11 is 6.12. The first kappa shape index (κ1) is 9.82. The van der Waals surface area contributed by atoms with E-state index in [0.717, 1.165) is 11.1 Å². The van der Waals surface area contributed by atoms with Gasteiger partial charge in [-0.15, -0.1) is 0 Å². The number of rotatable bonds is 1. The predicted octanol–water partition coefficient (Wildman–Crippen LogP) is 3.22. The van der Waals surface area contributed by atoms with Crippen LogP contribution in [0.2, 0.25) is 5.15 Å². The predicted molar refractivity (Wildman–Crippen MR) is 60.6 cm³/mol. The number of halogens is 1. The number of benzene rings is 1. The molecule has 3 heteroatoms. The highest BCUT2D eigenvalue weighted by Crippen LogP contribution is 2.28. The minimum atomic E-state index is 0.646. The minimum Gasteiger partial charge on any atom is -0.341 e. The Hall–Kier alpha value is -1.72. The first-order valence-electron chi connectivity index (χ1n) is 4.53. The molecule has 0 radical (unpaired) electrons. The molecule has 15 heavy (non-hydrogen) atoms. The fourth-order valence-electron chi connectivity index (χ4n) is 1.48. The van der Waals surface area contributed by atoms with Crippen LogP contribution in [0.1, 0.15) is 5.56 Å². The van der Waals surface area contributed by atoms with E-state index in [9.17, 15) is 0 Å². The molecule has 0 fully saturated rings. The van der Waals surface area contributed by atoms with Gasteiger partial charge < -0.3 is 4.57 Å².